The first-order chi connectivity index (χ1) is 8.66. The average molecular weight is 263 g/mol. The predicted molar refractivity (Wildman–Crippen MR) is 80.9 cm³/mol. The lowest BCUT2D eigenvalue weighted by Crippen LogP contribution is -2.48. The highest BCUT2D eigenvalue weighted by molar-refractivity contribution is 7.80. The molecule has 1 aromatic carbocycles. The first kappa shape index (κ1) is 13.3. The van der Waals surface area contributed by atoms with Gasteiger partial charge in [0.2, 0.25) is 0 Å². The minimum atomic E-state index is 0.521. The number of hydrogen-bond acceptors (Lipinski definition) is 2. The van der Waals surface area contributed by atoms with E-state index in [0.29, 0.717) is 6.04 Å². The number of hydrogen-bond donors (Lipinski definition) is 1. The number of likely N-dealkylation sites (N-methyl/N-ethyl adjacent to an activating group) is 2. The van der Waals surface area contributed by atoms with E-state index in [0.717, 1.165) is 17.3 Å². The summed E-state index contributed by atoms with van der Waals surface area (Å²) >= 11 is 5.47. The zero-order valence-electron chi connectivity index (χ0n) is 11.1. The topological polar surface area (TPSA) is 18.5 Å². The number of thiocarbonyl (C=S) groups is 1. The van der Waals surface area contributed by atoms with Crippen LogP contribution in [0.3, 0.4) is 0 Å². The molecule has 1 fully saturated rings. The van der Waals surface area contributed by atoms with Crippen LogP contribution in [0.25, 0.3) is 0 Å². The average Bonchev–Trinajstić information content (AvgIpc) is 2.39. The van der Waals surface area contributed by atoms with Gasteiger partial charge in [-0.3, -0.25) is 0 Å². The third-order valence-corrected chi connectivity index (χ3v) is 3.88. The Morgan fingerprint density at radius 3 is 2.78 bits per heavy atom. The quantitative estimate of drug-likeness (QED) is 0.826. The van der Waals surface area contributed by atoms with E-state index in [9.17, 15) is 0 Å². The molecule has 1 aliphatic heterocycles. The summed E-state index contributed by atoms with van der Waals surface area (Å²) in [6, 6.07) is 10.6. The van der Waals surface area contributed by atoms with E-state index in [1.54, 1.807) is 0 Å². The highest BCUT2D eigenvalue weighted by Gasteiger charge is 2.22. The smallest absolute Gasteiger partial charge is 0.173 e. The van der Waals surface area contributed by atoms with Gasteiger partial charge in [-0.25, -0.2) is 0 Å². The van der Waals surface area contributed by atoms with Crippen molar-refractivity contribution in [2.24, 2.45) is 0 Å². The molecule has 0 spiro atoms. The van der Waals surface area contributed by atoms with Gasteiger partial charge in [-0.2, -0.15) is 0 Å². The molecule has 0 amide bonds. The van der Waals surface area contributed by atoms with Crippen LogP contribution >= 0.6 is 12.2 Å². The lowest BCUT2D eigenvalue weighted by atomic mass is 10.1. The summed E-state index contributed by atoms with van der Waals surface area (Å²) in [6.07, 6.45) is 2.47. The minimum Gasteiger partial charge on any atom is -0.348 e. The van der Waals surface area contributed by atoms with Crippen LogP contribution in [0, 0.1) is 0 Å². The standard InChI is InChI=1S/C14H21N3S/c1-16-10-6-9-13(11-16)17(2)14(18)15-12-7-4-3-5-8-12/h3-5,7-8,13H,6,9-11H2,1-2H3,(H,15,18). The van der Waals surface area contributed by atoms with Gasteiger partial charge in [0.1, 0.15) is 0 Å². The molecule has 1 unspecified atom stereocenters. The van der Waals surface area contributed by atoms with Crippen molar-refractivity contribution in [3.05, 3.63) is 30.3 Å². The first-order valence-corrected chi connectivity index (χ1v) is 6.85. The highest BCUT2D eigenvalue weighted by atomic mass is 32.1. The summed E-state index contributed by atoms with van der Waals surface area (Å²) in [5.74, 6) is 0. The lowest BCUT2D eigenvalue weighted by molar-refractivity contribution is 0.183. The van der Waals surface area contributed by atoms with Crippen LogP contribution in [-0.4, -0.2) is 48.1 Å². The summed E-state index contributed by atoms with van der Waals surface area (Å²) in [6.45, 7) is 2.29. The van der Waals surface area contributed by atoms with Crippen molar-refractivity contribution in [3.8, 4) is 0 Å². The maximum absolute atomic E-state index is 5.47. The third-order valence-electron chi connectivity index (χ3n) is 3.49. The van der Waals surface area contributed by atoms with Gasteiger partial charge in [-0.05, 0) is 50.8 Å². The second kappa shape index (κ2) is 6.16. The zero-order valence-corrected chi connectivity index (χ0v) is 11.9. The van der Waals surface area contributed by atoms with Crippen molar-refractivity contribution < 1.29 is 0 Å². The Morgan fingerprint density at radius 1 is 1.39 bits per heavy atom. The molecule has 1 saturated heterocycles. The van der Waals surface area contributed by atoms with Crippen LogP contribution in [0.5, 0.6) is 0 Å². The fraction of sp³-hybridized carbons (Fsp3) is 0.500. The lowest BCUT2D eigenvalue weighted by Gasteiger charge is -2.37. The van der Waals surface area contributed by atoms with Gasteiger partial charge in [0, 0.05) is 25.3 Å². The number of rotatable bonds is 2. The Bertz CT molecular complexity index is 393. The molecule has 0 radical (unpaired) electrons. The van der Waals surface area contributed by atoms with E-state index in [2.05, 4.69) is 29.2 Å². The summed E-state index contributed by atoms with van der Waals surface area (Å²) in [5.41, 5.74) is 1.05. The van der Waals surface area contributed by atoms with E-state index in [4.69, 9.17) is 12.2 Å². The summed E-state index contributed by atoms with van der Waals surface area (Å²) < 4.78 is 0. The van der Waals surface area contributed by atoms with E-state index in [1.807, 2.05) is 30.3 Å². The van der Waals surface area contributed by atoms with Gasteiger partial charge in [0.05, 0.1) is 0 Å². The van der Waals surface area contributed by atoms with Crippen LogP contribution < -0.4 is 5.32 Å². The number of benzene rings is 1. The van der Waals surface area contributed by atoms with Crippen molar-refractivity contribution in [2.45, 2.75) is 18.9 Å². The Kier molecular flexibility index (Phi) is 4.55. The van der Waals surface area contributed by atoms with Gasteiger partial charge in [0.25, 0.3) is 0 Å². The van der Waals surface area contributed by atoms with Gasteiger partial charge in [-0.1, -0.05) is 18.2 Å². The molecule has 1 N–H and O–H groups in total. The van der Waals surface area contributed by atoms with Crippen LogP contribution in [0.15, 0.2) is 30.3 Å². The SMILES string of the molecule is CN1CCCC(N(C)C(=S)Nc2ccccc2)C1. The molecule has 2 rings (SSSR count). The molecule has 0 aromatic heterocycles. The van der Waals surface area contributed by atoms with Gasteiger partial charge < -0.3 is 15.1 Å². The normalized spacial score (nSPS) is 20.4. The summed E-state index contributed by atoms with van der Waals surface area (Å²) in [5, 5.41) is 4.10. The third kappa shape index (κ3) is 3.43. The monoisotopic (exact) mass is 263 g/mol. The summed E-state index contributed by atoms with van der Waals surface area (Å²) in [7, 11) is 4.26. The molecule has 18 heavy (non-hydrogen) atoms. The van der Waals surface area contributed by atoms with Gasteiger partial charge in [-0.15, -0.1) is 0 Å². The molecule has 98 valence electrons. The minimum absolute atomic E-state index is 0.521. The molecule has 1 aromatic rings. The molecular weight excluding hydrogens is 242 g/mol. The van der Waals surface area contributed by atoms with Crippen LogP contribution in [0.4, 0.5) is 5.69 Å². The van der Waals surface area contributed by atoms with Crippen molar-refractivity contribution in [1.29, 1.82) is 0 Å². The molecule has 1 atom stereocenters. The molecule has 0 saturated carbocycles. The van der Waals surface area contributed by atoms with Crippen molar-refractivity contribution in [2.75, 3.05) is 32.5 Å². The molecule has 3 nitrogen and oxygen atoms in total. The molecule has 4 heteroatoms. The Hall–Kier alpha value is -1.13. The predicted octanol–water partition coefficient (Wildman–Crippen LogP) is 2.41. The number of piperidine rings is 1. The largest absolute Gasteiger partial charge is 0.348 e. The molecule has 0 bridgehead atoms. The van der Waals surface area contributed by atoms with Crippen molar-refractivity contribution in [1.82, 2.24) is 9.80 Å². The van der Waals surface area contributed by atoms with E-state index in [1.165, 1.54) is 19.4 Å². The molecular formula is C14H21N3S. The zero-order chi connectivity index (χ0) is 13.0. The highest BCUT2D eigenvalue weighted by Crippen LogP contribution is 2.15. The molecule has 1 aliphatic rings. The van der Waals surface area contributed by atoms with Crippen LogP contribution in [0.1, 0.15) is 12.8 Å². The van der Waals surface area contributed by atoms with E-state index < -0.39 is 0 Å². The first-order valence-electron chi connectivity index (χ1n) is 6.44. The second-order valence-electron chi connectivity index (χ2n) is 4.97. The number of nitrogens with zero attached hydrogens (tertiary/aromatic N) is 2. The van der Waals surface area contributed by atoms with Crippen LogP contribution in [0.2, 0.25) is 0 Å². The fourth-order valence-corrected chi connectivity index (χ4v) is 2.62. The van der Waals surface area contributed by atoms with Crippen LogP contribution in [-0.2, 0) is 0 Å². The summed E-state index contributed by atoms with van der Waals surface area (Å²) in [4.78, 5) is 4.56. The van der Waals surface area contributed by atoms with E-state index >= 15 is 0 Å². The second-order valence-corrected chi connectivity index (χ2v) is 5.35. The number of nitrogens with one attached hydrogen (secondary N) is 1. The number of likely N-dealkylation sites (tertiary alicyclic amines) is 1. The molecule has 1 heterocycles. The fourth-order valence-electron chi connectivity index (χ4n) is 2.35. The van der Waals surface area contributed by atoms with Crippen molar-refractivity contribution >= 4 is 23.0 Å². The van der Waals surface area contributed by atoms with E-state index in [-0.39, 0.29) is 0 Å². The number of anilines is 1. The van der Waals surface area contributed by atoms with Gasteiger partial charge >= 0.3 is 0 Å². The Morgan fingerprint density at radius 2 is 2.11 bits per heavy atom. The van der Waals surface area contributed by atoms with Crippen molar-refractivity contribution in [3.63, 3.8) is 0 Å². The Balaban J connectivity index is 1.92. The molecule has 0 aliphatic carbocycles. The van der Waals surface area contributed by atoms with Gasteiger partial charge in [0.15, 0.2) is 5.11 Å². The Labute approximate surface area is 115 Å². The number of para-hydroxylation sites is 1. The maximum atomic E-state index is 5.47. The maximum Gasteiger partial charge on any atom is 0.173 e.